The van der Waals surface area contributed by atoms with E-state index in [0.29, 0.717) is 13.2 Å². The van der Waals surface area contributed by atoms with Crippen LogP contribution < -0.4 is 5.32 Å². The van der Waals surface area contributed by atoms with E-state index in [0.717, 1.165) is 18.0 Å². The molecule has 3 nitrogen and oxygen atoms in total. The zero-order valence-electron chi connectivity index (χ0n) is 13.7. The first kappa shape index (κ1) is 18.1. The lowest BCUT2D eigenvalue weighted by molar-refractivity contribution is -0.00197. The van der Waals surface area contributed by atoms with Crippen molar-refractivity contribution in [2.75, 3.05) is 19.7 Å². The van der Waals surface area contributed by atoms with E-state index in [-0.39, 0.29) is 6.10 Å². The van der Waals surface area contributed by atoms with Gasteiger partial charge in [-0.15, -0.1) is 0 Å². The number of rotatable bonds is 11. The smallest absolute Gasteiger partial charge is 0.0897 e. The predicted octanol–water partition coefficient (Wildman–Crippen LogP) is 3.54. The summed E-state index contributed by atoms with van der Waals surface area (Å²) in [5.74, 6) is 0.781. The van der Waals surface area contributed by atoms with Crippen molar-refractivity contribution in [3.05, 3.63) is 35.9 Å². The Kier molecular flexibility index (Phi) is 9.31. The van der Waals surface area contributed by atoms with Gasteiger partial charge in [0.2, 0.25) is 0 Å². The molecule has 0 aromatic heterocycles. The zero-order chi connectivity index (χ0) is 15.5. The van der Waals surface area contributed by atoms with Crippen LogP contribution in [0, 0.1) is 5.92 Å². The maximum absolute atomic E-state index is 9.90. The van der Waals surface area contributed by atoms with Crippen LogP contribution in [0.15, 0.2) is 30.3 Å². The number of hydrogen-bond donors (Lipinski definition) is 2. The summed E-state index contributed by atoms with van der Waals surface area (Å²) >= 11 is 0. The molecule has 0 aliphatic heterocycles. The Labute approximate surface area is 129 Å². The number of aliphatic hydroxyl groups is 1. The minimum absolute atomic E-state index is 0.0203. The van der Waals surface area contributed by atoms with Gasteiger partial charge in [-0.2, -0.15) is 0 Å². The average molecular weight is 293 g/mol. The molecule has 0 amide bonds. The Balaban J connectivity index is 2.05. The molecule has 0 heterocycles. The Hall–Kier alpha value is -0.900. The highest BCUT2D eigenvalue weighted by atomic mass is 16.5. The zero-order valence-corrected chi connectivity index (χ0v) is 13.7. The van der Waals surface area contributed by atoms with E-state index in [9.17, 15) is 5.11 Å². The summed E-state index contributed by atoms with van der Waals surface area (Å²) in [6, 6.07) is 10.1. The fourth-order valence-corrected chi connectivity index (χ4v) is 2.21. The maximum Gasteiger partial charge on any atom is 0.0897 e. The van der Waals surface area contributed by atoms with Crippen LogP contribution in [0.3, 0.4) is 0 Å². The molecule has 0 aliphatic carbocycles. The molecule has 0 spiro atoms. The van der Waals surface area contributed by atoms with Crippen LogP contribution in [0.25, 0.3) is 0 Å². The van der Waals surface area contributed by atoms with Crippen molar-refractivity contribution in [2.24, 2.45) is 5.92 Å². The summed E-state index contributed by atoms with van der Waals surface area (Å²) in [7, 11) is 0. The second kappa shape index (κ2) is 10.8. The number of ether oxygens (including phenoxy) is 1. The summed E-state index contributed by atoms with van der Waals surface area (Å²) in [5, 5.41) is 13.2. The molecular formula is C18H31NO2. The van der Waals surface area contributed by atoms with Crippen molar-refractivity contribution in [1.82, 2.24) is 5.32 Å². The topological polar surface area (TPSA) is 41.5 Å². The van der Waals surface area contributed by atoms with Crippen molar-refractivity contribution in [1.29, 1.82) is 0 Å². The highest BCUT2D eigenvalue weighted by Crippen LogP contribution is 2.15. The molecule has 0 saturated carbocycles. The van der Waals surface area contributed by atoms with Gasteiger partial charge in [0.1, 0.15) is 0 Å². The number of aliphatic hydroxyl groups excluding tert-OH is 1. The molecule has 21 heavy (non-hydrogen) atoms. The van der Waals surface area contributed by atoms with Gasteiger partial charge in [-0.05, 0) is 31.4 Å². The van der Waals surface area contributed by atoms with E-state index in [1.54, 1.807) is 0 Å². The van der Waals surface area contributed by atoms with Gasteiger partial charge in [0.05, 0.1) is 18.8 Å². The lowest BCUT2D eigenvalue weighted by atomic mass is 10.1. The molecule has 0 saturated heterocycles. The van der Waals surface area contributed by atoms with Gasteiger partial charge in [-0.3, -0.25) is 0 Å². The quantitative estimate of drug-likeness (QED) is 0.613. The van der Waals surface area contributed by atoms with E-state index < -0.39 is 6.10 Å². The minimum Gasteiger partial charge on any atom is -0.389 e. The molecule has 0 bridgehead atoms. The second-order valence-electron chi connectivity index (χ2n) is 6.13. The monoisotopic (exact) mass is 293 g/mol. The molecule has 0 aliphatic rings. The molecule has 1 aromatic rings. The van der Waals surface area contributed by atoms with E-state index >= 15 is 0 Å². The van der Waals surface area contributed by atoms with Crippen LogP contribution in [0.4, 0.5) is 0 Å². The third-order valence-corrected chi connectivity index (χ3v) is 3.57. The summed E-state index contributed by atoms with van der Waals surface area (Å²) in [5.41, 5.74) is 1.14. The second-order valence-corrected chi connectivity index (χ2v) is 6.13. The average Bonchev–Trinajstić information content (AvgIpc) is 2.49. The largest absolute Gasteiger partial charge is 0.389 e. The molecule has 0 fully saturated rings. The summed E-state index contributed by atoms with van der Waals surface area (Å²) in [6.07, 6.45) is 3.28. The fraction of sp³-hybridized carbons (Fsp3) is 0.667. The van der Waals surface area contributed by atoms with Crippen LogP contribution in [-0.4, -0.2) is 30.9 Å². The van der Waals surface area contributed by atoms with Gasteiger partial charge in [-0.1, -0.05) is 57.0 Å². The van der Waals surface area contributed by atoms with Crippen LogP contribution in [0.5, 0.6) is 0 Å². The summed E-state index contributed by atoms with van der Waals surface area (Å²) in [4.78, 5) is 0. The molecule has 2 unspecified atom stereocenters. The first-order chi connectivity index (χ1) is 10.1. The number of nitrogens with one attached hydrogen (secondary N) is 1. The Morgan fingerprint density at radius 2 is 1.81 bits per heavy atom. The number of hydrogen-bond acceptors (Lipinski definition) is 3. The lowest BCUT2D eigenvalue weighted by Gasteiger charge is -2.17. The minimum atomic E-state index is -0.443. The normalized spacial score (nSPS) is 14.3. The molecule has 2 N–H and O–H groups in total. The highest BCUT2D eigenvalue weighted by Gasteiger charge is 2.09. The van der Waals surface area contributed by atoms with Crippen molar-refractivity contribution in [3.8, 4) is 0 Å². The molecule has 3 heteroatoms. The first-order valence-corrected chi connectivity index (χ1v) is 8.15. The Morgan fingerprint density at radius 1 is 1.10 bits per heavy atom. The predicted molar refractivity (Wildman–Crippen MR) is 88.4 cm³/mol. The molecule has 2 atom stereocenters. The standard InChI is InChI=1S/C18H31NO2/c1-15(2)9-7-8-12-19-13-18(20)14-21-16(3)17-10-5-4-6-11-17/h4-6,10-11,15-16,18-20H,7-9,12-14H2,1-3H3. The number of benzene rings is 1. The van der Waals surface area contributed by atoms with Crippen LogP contribution in [-0.2, 0) is 4.74 Å². The third-order valence-electron chi connectivity index (χ3n) is 3.57. The van der Waals surface area contributed by atoms with Crippen molar-refractivity contribution in [3.63, 3.8) is 0 Å². The highest BCUT2D eigenvalue weighted by molar-refractivity contribution is 5.16. The fourth-order valence-electron chi connectivity index (χ4n) is 2.21. The molecule has 120 valence electrons. The maximum atomic E-state index is 9.90. The van der Waals surface area contributed by atoms with Crippen molar-refractivity contribution >= 4 is 0 Å². The number of unbranched alkanes of at least 4 members (excludes halogenated alkanes) is 1. The molecule has 1 rings (SSSR count). The van der Waals surface area contributed by atoms with Crippen molar-refractivity contribution < 1.29 is 9.84 Å². The Morgan fingerprint density at radius 3 is 2.48 bits per heavy atom. The van der Waals surface area contributed by atoms with Gasteiger partial charge < -0.3 is 15.2 Å². The van der Waals surface area contributed by atoms with Gasteiger partial charge in [0, 0.05) is 6.54 Å². The van der Waals surface area contributed by atoms with Gasteiger partial charge in [-0.25, -0.2) is 0 Å². The molecular weight excluding hydrogens is 262 g/mol. The van der Waals surface area contributed by atoms with E-state index in [1.165, 1.54) is 19.3 Å². The van der Waals surface area contributed by atoms with Crippen LogP contribution in [0.1, 0.15) is 51.7 Å². The van der Waals surface area contributed by atoms with Crippen molar-refractivity contribution in [2.45, 2.75) is 52.2 Å². The third kappa shape index (κ3) is 8.86. The first-order valence-electron chi connectivity index (χ1n) is 8.15. The van der Waals surface area contributed by atoms with E-state index in [2.05, 4.69) is 19.2 Å². The van der Waals surface area contributed by atoms with E-state index in [1.807, 2.05) is 37.3 Å². The summed E-state index contributed by atoms with van der Waals surface area (Å²) in [6.45, 7) is 8.46. The lowest BCUT2D eigenvalue weighted by Crippen LogP contribution is -2.31. The SMILES string of the molecule is CC(C)CCCCNCC(O)COC(C)c1ccccc1. The van der Waals surface area contributed by atoms with Gasteiger partial charge in [0.25, 0.3) is 0 Å². The molecule has 1 aromatic carbocycles. The van der Waals surface area contributed by atoms with Gasteiger partial charge >= 0.3 is 0 Å². The van der Waals surface area contributed by atoms with Gasteiger partial charge in [0.15, 0.2) is 0 Å². The Bertz CT molecular complexity index is 353. The summed E-state index contributed by atoms with van der Waals surface area (Å²) < 4.78 is 5.71. The molecule has 0 radical (unpaired) electrons. The van der Waals surface area contributed by atoms with Crippen LogP contribution >= 0.6 is 0 Å². The van der Waals surface area contributed by atoms with E-state index in [4.69, 9.17) is 4.74 Å². The van der Waals surface area contributed by atoms with Crippen LogP contribution in [0.2, 0.25) is 0 Å².